The number of nitrogens with zero attached hydrogens (tertiary/aromatic N) is 2. The average Bonchev–Trinajstić information content (AvgIpc) is 3.03. The minimum Gasteiger partial charge on any atom is -0.252 e. The Morgan fingerprint density at radius 2 is 1.82 bits per heavy atom. The number of thiazole rings is 1. The van der Waals surface area contributed by atoms with E-state index in [4.69, 9.17) is 11.6 Å². The number of aromatic nitrogens is 1. The summed E-state index contributed by atoms with van der Waals surface area (Å²) in [5.74, 6) is 0. The van der Waals surface area contributed by atoms with Gasteiger partial charge in [-0.25, -0.2) is 4.98 Å². The maximum Gasteiger partial charge on any atom is 0.203 e. The monoisotopic (exact) mass is 327 g/mol. The molecule has 0 aliphatic rings. The molecule has 1 heterocycles. The van der Waals surface area contributed by atoms with Gasteiger partial charge >= 0.3 is 0 Å². The maximum absolute atomic E-state index is 5.90. The molecule has 0 bridgehead atoms. The minimum atomic E-state index is 0.723. The van der Waals surface area contributed by atoms with Crippen LogP contribution in [0, 0.1) is 0 Å². The lowest BCUT2D eigenvalue weighted by molar-refractivity contribution is 1.27. The van der Waals surface area contributed by atoms with E-state index in [1.807, 2.05) is 66.9 Å². The van der Waals surface area contributed by atoms with Crippen LogP contribution in [0.25, 0.3) is 11.3 Å². The molecule has 0 unspecified atom stereocenters. The molecule has 3 rings (SSSR count). The molecule has 0 spiro atoms. The summed E-state index contributed by atoms with van der Waals surface area (Å²) < 4.78 is 0. The van der Waals surface area contributed by atoms with Gasteiger partial charge in [0.25, 0.3) is 0 Å². The van der Waals surface area contributed by atoms with Gasteiger partial charge in [0.05, 0.1) is 11.4 Å². The highest BCUT2D eigenvalue weighted by Crippen LogP contribution is 2.26. The van der Waals surface area contributed by atoms with E-state index < -0.39 is 0 Å². The van der Waals surface area contributed by atoms with Crippen LogP contribution in [0.4, 0.5) is 5.13 Å². The van der Waals surface area contributed by atoms with Crippen molar-refractivity contribution in [2.75, 3.05) is 5.43 Å². The molecule has 2 aromatic carbocycles. The molecule has 0 fully saturated rings. The van der Waals surface area contributed by atoms with Crippen molar-refractivity contribution < 1.29 is 0 Å². The lowest BCUT2D eigenvalue weighted by Gasteiger charge is -2.00. The largest absolute Gasteiger partial charge is 0.252 e. The molecule has 3 aromatic rings. The molecule has 0 atom stereocenters. The molecule has 0 saturated carbocycles. The van der Waals surface area contributed by atoms with Crippen LogP contribution in [0.5, 0.6) is 0 Å². The highest BCUT2D eigenvalue weighted by molar-refractivity contribution is 7.14. The number of hydrogen-bond donors (Lipinski definition) is 1. The molecule has 1 aromatic heterocycles. The zero-order valence-electron chi connectivity index (χ0n) is 12.0. The van der Waals surface area contributed by atoms with Crippen molar-refractivity contribution in [3.8, 4) is 11.3 Å². The average molecular weight is 328 g/mol. The van der Waals surface area contributed by atoms with Gasteiger partial charge in [-0.3, -0.25) is 5.43 Å². The Balaban J connectivity index is 1.73. The predicted molar refractivity (Wildman–Crippen MR) is 94.8 cm³/mol. The minimum absolute atomic E-state index is 0.723. The Morgan fingerprint density at radius 3 is 2.55 bits per heavy atom. The van der Waals surface area contributed by atoms with Crippen molar-refractivity contribution in [3.05, 3.63) is 70.6 Å². The van der Waals surface area contributed by atoms with Crippen molar-refractivity contribution >= 4 is 33.8 Å². The van der Waals surface area contributed by atoms with E-state index in [9.17, 15) is 0 Å². The second-order valence-electron chi connectivity index (χ2n) is 4.72. The second-order valence-corrected chi connectivity index (χ2v) is 6.01. The van der Waals surface area contributed by atoms with Crippen LogP contribution >= 0.6 is 22.9 Å². The smallest absolute Gasteiger partial charge is 0.203 e. The summed E-state index contributed by atoms with van der Waals surface area (Å²) in [5.41, 5.74) is 6.97. The summed E-state index contributed by atoms with van der Waals surface area (Å²) >= 11 is 7.42. The second kappa shape index (κ2) is 6.73. The standard InChI is InChI=1S/C17H14ClN3S/c1-12(13-5-3-2-4-6-13)20-21-17-19-16(11-22-17)14-7-9-15(18)10-8-14/h2-11H,1H3,(H,19,21)/b20-12-. The van der Waals surface area contributed by atoms with Crippen molar-refractivity contribution in [1.29, 1.82) is 0 Å². The molecule has 0 aliphatic carbocycles. The van der Waals surface area contributed by atoms with Crippen LogP contribution in [0.1, 0.15) is 12.5 Å². The van der Waals surface area contributed by atoms with Crippen LogP contribution < -0.4 is 5.43 Å². The van der Waals surface area contributed by atoms with Crippen LogP contribution in [0.2, 0.25) is 5.02 Å². The number of nitrogens with one attached hydrogen (secondary N) is 1. The first-order valence-corrected chi connectivity index (χ1v) is 8.05. The number of halogens is 1. The highest BCUT2D eigenvalue weighted by Gasteiger charge is 2.04. The molecule has 0 radical (unpaired) electrons. The zero-order valence-corrected chi connectivity index (χ0v) is 13.5. The van der Waals surface area contributed by atoms with E-state index in [-0.39, 0.29) is 0 Å². The number of hydrazone groups is 1. The molecular weight excluding hydrogens is 314 g/mol. The van der Waals surface area contributed by atoms with Crippen molar-refractivity contribution in [1.82, 2.24) is 4.98 Å². The van der Waals surface area contributed by atoms with Gasteiger partial charge in [0.1, 0.15) is 0 Å². The molecular formula is C17H14ClN3S. The fraction of sp³-hybridized carbons (Fsp3) is 0.0588. The Bertz CT molecular complexity index is 779. The summed E-state index contributed by atoms with van der Waals surface area (Å²) in [5, 5.41) is 7.86. The molecule has 0 amide bonds. The number of hydrogen-bond acceptors (Lipinski definition) is 4. The van der Waals surface area contributed by atoms with E-state index in [1.165, 1.54) is 11.3 Å². The van der Waals surface area contributed by atoms with Gasteiger partial charge in [0.15, 0.2) is 0 Å². The molecule has 5 heteroatoms. The summed E-state index contributed by atoms with van der Waals surface area (Å²) in [4.78, 5) is 4.53. The van der Waals surface area contributed by atoms with Crippen LogP contribution in [-0.4, -0.2) is 10.7 Å². The lowest BCUT2D eigenvalue weighted by atomic mass is 10.1. The zero-order chi connectivity index (χ0) is 15.4. The van der Waals surface area contributed by atoms with Gasteiger partial charge in [-0.05, 0) is 24.6 Å². The van der Waals surface area contributed by atoms with Crippen molar-refractivity contribution in [2.45, 2.75) is 6.92 Å². The SMILES string of the molecule is C/C(=N/Nc1nc(-c2ccc(Cl)cc2)cs1)c1ccccc1. The maximum atomic E-state index is 5.90. The molecule has 0 aliphatic heterocycles. The van der Waals surface area contributed by atoms with Crippen LogP contribution in [0.3, 0.4) is 0 Å². The summed E-state index contributed by atoms with van der Waals surface area (Å²) in [7, 11) is 0. The molecule has 1 N–H and O–H groups in total. The van der Waals surface area contributed by atoms with E-state index in [2.05, 4.69) is 15.5 Å². The predicted octanol–water partition coefficient (Wildman–Crippen LogP) is 5.30. The van der Waals surface area contributed by atoms with Gasteiger partial charge in [0, 0.05) is 16.0 Å². The first-order chi connectivity index (χ1) is 10.7. The Labute approximate surface area is 138 Å². The highest BCUT2D eigenvalue weighted by atomic mass is 35.5. The van der Waals surface area contributed by atoms with E-state index in [1.54, 1.807) is 0 Å². The Morgan fingerprint density at radius 1 is 1.09 bits per heavy atom. The molecule has 22 heavy (non-hydrogen) atoms. The fourth-order valence-electron chi connectivity index (χ4n) is 1.95. The van der Waals surface area contributed by atoms with E-state index in [0.29, 0.717) is 0 Å². The fourth-order valence-corrected chi connectivity index (χ4v) is 2.74. The van der Waals surface area contributed by atoms with Crippen molar-refractivity contribution in [2.24, 2.45) is 5.10 Å². The normalized spacial score (nSPS) is 11.5. The first kappa shape index (κ1) is 14.8. The van der Waals surface area contributed by atoms with Crippen LogP contribution in [0.15, 0.2) is 65.1 Å². The summed E-state index contributed by atoms with van der Waals surface area (Å²) in [6.07, 6.45) is 0. The number of benzene rings is 2. The van der Waals surface area contributed by atoms with Gasteiger partial charge in [-0.2, -0.15) is 5.10 Å². The third-order valence-corrected chi connectivity index (χ3v) is 4.15. The van der Waals surface area contributed by atoms with Gasteiger partial charge in [0.2, 0.25) is 5.13 Å². The Hall–Kier alpha value is -2.17. The third kappa shape index (κ3) is 3.53. The van der Waals surface area contributed by atoms with Gasteiger partial charge < -0.3 is 0 Å². The third-order valence-electron chi connectivity index (χ3n) is 3.15. The van der Waals surface area contributed by atoms with Gasteiger partial charge in [-0.15, -0.1) is 11.3 Å². The molecule has 0 saturated heterocycles. The quantitative estimate of drug-likeness (QED) is 0.521. The molecule has 3 nitrogen and oxygen atoms in total. The lowest BCUT2D eigenvalue weighted by Crippen LogP contribution is -1.99. The Kier molecular flexibility index (Phi) is 4.51. The number of anilines is 1. The summed E-state index contributed by atoms with van der Waals surface area (Å²) in [6, 6.07) is 17.7. The summed E-state index contributed by atoms with van der Waals surface area (Å²) in [6.45, 7) is 1.97. The van der Waals surface area contributed by atoms with E-state index in [0.717, 1.165) is 32.7 Å². The number of rotatable bonds is 4. The molecule has 110 valence electrons. The first-order valence-electron chi connectivity index (χ1n) is 6.79. The topological polar surface area (TPSA) is 37.3 Å². The van der Waals surface area contributed by atoms with E-state index >= 15 is 0 Å². The van der Waals surface area contributed by atoms with Crippen LogP contribution in [-0.2, 0) is 0 Å². The van der Waals surface area contributed by atoms with Crippen molar-refractivity contribution in [3.63, 3.8) is 0 Å². The van der Waals surface area contributed by atoms with Gasteiger partial charge in [-0.1, -0.05) is 54.1 Å².